The lowest BCUT2D eigenvalue weighted by Crippen LogP contribution is -2.49. The number of amides is 1. The molecule has 0 spiro atoms. The highest BCUT2D eigenvalue weighted by atomic mass is 16.6. The number of carboxylic acids is 1. The standard InChI is InChI=1S/C13H14N2O6/c16-12(14-5-6-21-11(8-14)13(17)18)7-9-3-1-2-4-10(9)15(19)20/h1-4,11H,5-8H2,(H,17,18). The lowest BCUT2D eigenvalue weighted by atomic mass is 10.1. The number of nitro benzene ring substituents is 1. The first-order valence-corrected chi connectivity index (χ1v) is 6.33. The van der Waals surface area contributed by atoms with Crippen molar-refractivity contribution in [2.75, 3.05) is 19.7 Å². The Labute approximate surface area is 120 Å². The van der Waals surface area contributed by atoms with Gasteiger partial charge in [0.25, 0.3) is 5.69 Å². The SMILES string of the molecule is O=C(O)C1CN(C(=O)Cc2ccccc2[N+](=O)[O-])CCO1. The van der Waals surface area contributed by atoms with Crippen molar-refractivity contribution in [2.24, 2.45) is 0 Å². The summed E-state index contributed by atoms with van der Waals surface area (Å²) in [5.74, 6) is -1.47. The molecule has 1 heterocycles. The van der Waals surface area contributed by atoms with Gasteiger partial charge in [-0.3, -0.25) is 14.9 Å². The predicted octanol–water partition coefficient (Wildman–Crippen LogP) is 0.449. The van der Waals surface area contributed by atoms with E-state index >= 15 is 0 Å². The Morgan fingerprint density at radius 2 is 2.14 bits per heavy atom. The minimum atomic E-state index is -1.13. The number of hydrogen-bond acceptors (Lipinski definition) is 5. The highest BCUT2D eigenvalue weighted by molar-refractivity contribution is 5.81. The summed E-state index contributed by atoms with van der Waals surface area (Å²) in [5, 5.41) is 19.8. The molecule has 1 amide bonds. The van der Waals surface area contributed by atoms with Crippen LogP contribution < -0.4 is 0 Å². The fraction of sp³-hybridized carbons (Fsp3) is 0.385. The molecule has 21 heavy (non-hydrogen) atoms. The summed E-state index contributed by atoms with van der Waals surface area (Å²) < 4.78 is 5.03. The monoisotopic (exact) mass is 294 g/mol. The minimum Gasteiger partial charge on any atom is -0.479 e. The van der Waals surface area contributed by atoms with Crippen LogP contribution >= 0.6 is 0 Å². The number of ether oxygens (including phenoxy) is 1. The molecular formula is C13H14N2O6. The van der Waals surface area contributed by atoms with E-state index < -0.39 is 17.0 Å². The number of aliphatic carboxylic acids is 1. The van der Waals surface area contributed by atoms with Gasteiger partial charge in [0.2, 0.25) is 5.91 Å². The zero-order valence-electron chi connectivity index (χ0n) is 11.1. The van der Waals surface area contributed by atoms with Crippen molar-refractivity contribution in [3.05, 3.63) is 39.9 Å². The number of nitrogens with zero attached hydrogens (tertiary/aromatic N) is 2. The molecule has 1 N–H and O–H groups in total. The summed E-state index contributed by atoms with van der Waals surface area (Å²) in [4.78, 5) is 34.8. The van der Waals surface area contributed by atoms with Crippen molar-refractivity contribution >= 4 is 17.6 Å². The summed E-state index contributed by atoms with van der Waals surface area (Å²) in [6.07, 6.45) is -1.18. The fourth-order valence-corrected chi connectivity index (χ4v) is 2.14. The zero-order chi connectivity index (χ0) is 15.4. The third-order valence-corrected chi connectivity index (χ3v) is 3.22. The predicted molar refractivity (Wildman–Crippen MR) is 70.8 cm³/mol. The highest BCUT2D eigenvalue weighted by Crippen LogP contribution is 2.19. The molecule has 8 heteroatoms. The first-order valence-electron chi connectivity index (χ1n) is 6.33. The van der Waals surface area contributed by atoms with Crippen molar-refractivity contribution in [3.8, 4) is 0 Å². The second-order valence-corrected chi connectivity index (χ2v) is 4.60. The Hall–Kier alpha value is -2.48. The number of rotatable bonds is 4. The maximum atomic E-state index is 12.2. The highest BCUT2D eigenvalue weighted by Gasteiger charge is 2.29. The van der Waals surface area contributed by atoms with Gasteiger partial charge >= 0.3 is 5.97 Å². The normalized spacial score (nSPS) is 18.3. The summed E-state index contributed by atoms with van der Waals surface area (Å²) in [6.45, 7) is 0.373. The van der Waals surface area contributed by atoms with E-state index in [0.29, 0.717) is 5.56 Å². The summed E-state index contributed by atoms with van der Waals surface area (Å²) >= 11 is 0. The van der Waals surface area contributed by atoms with E-state index in [4.69, 9.17) is 9.84 Å². The Balaban J connectivity index is 2.08. The van der Waals surface area contributed by atoms with E-state index in [1.54, 1.807) is 6.07 Å². The molecule has 112 valence electrons. The van der Waals surface area contributed by atoms with Gasteiger partial charge in [-0.2, -0.15) is 0 Å². The first kappa shape index (κ1) is 14.9. The average molecular weight is 294 g/mol. The Kier molecular flexibility index (Phi) is 4.49. The van der Waals surface area contributed by atoms with Crippen LogP contribution in [0.1, 0.15) is 5.56 Å². The van der Waals surface area contributed by atoms with Crippen molar-refractivity contribution in [2.45, 2.75) is 12.5 Å². The van der Waals surface area contributed by atoms with E-state index in [2.05, 4.69) is 0 Å². The first-order chi connectivity index (χ1) is 9.99. The van der Waals surface area contributed by atoms with Crippen LogP contribution in [0.15, 0.2) is 24.3 Å². The molecule has 1 fully saturated rings. The molecule has 1 aliphatic rings. The van der Waals surface area contributed by atoms with Gasteiger partial charge in [0, 0.05) is 18.2 Å². The number of benzene rings is 1. The molecule has 1 saturated heterocycles. The molecule has 0 aromatic heterocycles. The summed E-state index contributed by atoms with van der Waals surface area (Å²) in [5.41, 5.74) is 0.194. The molecule has 1 aliphatic heterocycles. The second kappa shape index (κ2) is 6.31. The maximum Gasteiger partial charge on any atom is 0.334 e. The van der Waals surface area contributed by atoms with Gasteiger partial charge in [-0.25, -0.2) is 4.79 Å². The van der Waals surface area contributed by atoms with E-state index in [-0.39, 0.29) is 37.7 Å². The van der Waals surface area contributed by atoms with Crippen molar-refractivity contribution in [1.82, 2.24) is 4.90 Å². The average Bonchev–Trinajstić information content (AvgIpc) is 2.47. The Bertz CT molecular complexity index is 574. The Morgan fingerprint density at radius 1 is 1.43 bits per heavy atom. The molecule has 8 nitrogen and oxygen atoms in total. The molecule has 0 saturated carbocycles. The van der Waals surface area contributed by atoms with Crippen LogP contribution in [-0.4, -0.2) is 52.6 Å². The van der Waals surface area contributed by atoms with Crippen LogP contribution in [0.4, 0.5) is 5.69 Å². The van der Waals surface area contributed by atoms with E-state index in [0.717, 1.165) is 0 Å². The van der Waals surface area contributed by atoms with Crippen molar-refractivity contribution in [1.29, 1.82) is 0 Å². The number of carbonyl (C=O) groups excluding carboxylic acids is 1. The third kappa shape index (κ3) is 3.54. The van der Waals surface area contributed by atoms with Gasteiger partial charge in [0.1, 0.15) is 0 Å². The fourth-order valence-electron chi connectivity index (χ4n) is 2.14. The van der Waals surface area contributed by atoms with Gasteiger partial charge in [0.05, 0.1) is 24.5 Å². The van der Waals surface area contributed by atoms with Crippen LogP contribution in [-0.2, 0) is 20.7 Å². The smallest absolute Gasteiger partial charge is 0.334 e. The number of para-hydroxylation sites is 1. The number of carboxylic acid groups (broad SMARTS) is 1. The largest absolute Gasteiger partial charge is 0.479 e. The zero-order valence-corrected chi connectivity index (χ0v) is 11.1. The lowest BCUT2D eigenvalue weighted by molar-refractivity contribution is -0.385. The molecule has 0 aliphatic carbocycles. The second-order valence-electron chi connectivity index (χ2n) is 4.60. The lowest BCUT2D eigenvalue weighted by Gasteiger charge is -2.30. The molecule has 1 atom stereocenters. The maximum absolute atomic E-state index is 12.2. The van der Waals surface area contributed by atoms with Gasteiger partial charge in [-0.15, -0.1) is 0 Å². The van der Waals surface area contributed by atoms with Gasteiger partial charge in [-0.05, 0) is 0 Å². The van der Waals surface area contributed by atoms with Crippen molar-refractivity contribution < 1.29 is 24.4 Å². The summed E-state index contributed by atoms with van der Waals surface area (Å²) in [6, 6.07) is 6.00. The van der Waals surface area contributed by atoms with E-state index in [1.165, 1.54) is 23.1 Å². The number of carbonyl (C=O) groups is 2. The molecular weight excluding hydrogens is 280 g/mol. The number of hydrogen-bond donors (Lipinski definition) is 1. The van der Waals surface area contributed by atoms with Crippen LogP contribution in [0, 0.1) is 10.1 Å². The van der Waals surface area contributed by atoms with Crippen LogP contribution in [0.2, 0.25) is 0 Å². The number of morpholine rings is 1. The quantitative estimate of drug-likeness (QED) is 0.637. The third-order valence-electron chi connectivity index (χ3n) is 3.22. The summed E-state index contributed by atoms with van der Waals surface area (Å²) in [7, 11) is 0. The molecule has 1 aromatic rings. The van der Waals surface area contributed by atoms with E-state index in [9.17, 15) is 19.7 Å². The van der Waals surface area contributed by atoms with Crippen molar-refractivity contribution in [3.63, 3.8) is 0 Å². The topological polar surface area (TPSA) is 110 Å². The Morgan fingerprint density at radius 3 is 2.81 bits per heavy atom. The minimum absolute atomic E-state index is 0.0468. The number of nitro groups is 1. The van der Waals surface area contributed by atoms with Gasteiger partial charge in [-0.1, -0.05) is 18.2 Å². The van der Waals surface area contributed by atoms with Crippen LogP contribution in [0.3, 0.4) is 0 Å². The molecule has 0 bridgehead atoms. The molecule has 2 rings (SSSR count). The molecule has 0 radical (unpaired) electrons. The van der Waals surface area contributed by atoms with Crippen LogP contribution in [0.5, 0.6) is 0 Å². The van der Waals surface area contributed by atoms with E-state index in [1.807, 2.05) is 0 Å². The van der Waals surface area contributed by atoms with Crippen LogP contribution in [0.25, 0.3) is 0 Å². The molecule has 1 unspecified atom stereocenters. The van der Waals surface area contributed by atoms with Gasteiger partial charge in [0.15, 0.2) is 6.10 Å². The molecule has 1 aromatic carbocycles. The van der Waals surface area contributed by atoms with Gasteiger partial charge < -0.3 is 14.7 Å².